The lowest BCUT2D eigenvalue weighted by atomic mass is 9.91. The van der Waals surface area contributed by atoms with Crippen LogP contribution in [0.2, 0.25) is 0 Å². The number of carbonyl (C=O) groups is 1. The van der Waals surface area contributed by atoms with Crippen LogP contribution < -0.4 is 4.72 Å². The third-order valence-electron chi connectivity index (χ3n) is 6.20. The number of ketones is 1. The van der Waals surface area contributed by atoms with E-state index >= 15 is 0 Å². The number of aliphatic hydroxyl groups is 1. The predicted molar refractivity (Wildman–Crippen MR) is 113 cm³/mol. The van der Waals surface area contributed by atoms with Gasteiger partial charge in [-0.25, -0.2) is 13.1 Å². The van der Waals surface area contributed by atoms with E-state index in [-0.39, 0.29) is 12.3 Å². The minimum atomic E-state index is -2.65. The number of thiol groups is 1. The Morgan fingerprint density at radius 1 is 1.10 bits per heavy atom. The molecule has 3 atom stereocenters. The molecule has 1 saturated carbocycles. The number of aromatic nitrogens is 1. The smallest absolute Gasteiger partial charge is 0.201 e. The summed E-state index contributed by atoms with van der Waals surface area (Å²) < 4.78 is 23.5. The van der Waals surface area contributed by atoms with Gasteiger partial charge >= 0.3 is 0 Å². The van der Waals surface area contributed by atoms with Gasteiger partial charge in [-0.15, -0.1) is 0 Å². The second-order valence-corrected chi connectivity index (χ2v) is 9.41. The van der Waals surface area contributed by atoms with Crippen molar-refractivity contribution in [3.8, 4) is 0 Å². The fourth-order valence-corrected chi connectivity index (χ4v) is 5.25. The van der Waals surface area contributed by atoms with Gasteiger partial charge in [0.1, 0.15) is 5.69 Å². The van der Waals surface area contributed by atoms with Crippen LogP contribution in [-0.4, -0.2) is 54.4 Å². The van der Waals surface area contributed by atoms with Crippen LogP contribution >= 0.6 is 0 Å². The van der Waals surface area contributed by atoms with Crippen LogP contribution in [0, 0.1) is 11.8 Å². The number of pyridine rings is 1. The molecule has 2 heterocycles. The van der Waals surface area contributed by atoms with Crippen LogP contribution in [0.25, 0.3) is 0 Å². The predicted octanol–water partition coefficient (Wildman–Crippen LogP) is 1.20. The molecule has 4 rings (SSSR count). The lowest BCUT2D eigenvalue weighted by molar-refractivity contribution is 0.0355. The summed E-state index contributed by atoms with van der Waals surface area (Å²) in [5.41, 5.74) is 1.62. The van der Waals surface area contributed by atoms with Crippen molar-refractivity contribution in [2.75, 3.05) is 19.6 Å². The van der Waals surface area contributed by atoms with Crippen LogP contribution in [0.15, 0.2) is 48.7 Å². The molecule has 1 aromatic heterocycles. The molecule has 0 amide bonds. The quantitative estimate of drug-likeness (QED) is 0.431. The number of nitrogens with zero attached hydrogens (tertiary/aromatic N) is 2. The molecule has 2 N–H and O–H groups in total. The summed E-state index contributed by atoms with van der Waals surface area (Å²) in [6.07, 6.45) is 3.77. The van der Waals surface area contributed by atoms with E-state index in [0.29, 0.717) is 36.1 Å². The fourth-order valence-electron chi connectivity index (χ4n) is 4.94. The molecule has 2 aliphatic rings. The first-order valence-corrected chi connectivity index (χ1v) is 11.4. The zero-order valence-corrected chi connectivity index (χ0v) is 17.6. The number of carbonyl (C=O) groups excluding carboxylic acids is 1. The Balaban J connectivity index is 1.28. The average Bonchev–Trinajstić information content (AvgIpc) is 3.21. The van der Waals surface area contributed by atoms with Crippen LogP contribution in [0.4, 0.5) is 0 Å². The van der Waals surface area contributed by atoms with Crippen molar-refractivity contribution in [1.82, 2.24) is 14.6 Å². The summed E-state index contributed by atoms with van der Waals surface area (Å²) in [6, 6.07) is 13.5. The number of hydrogen-bond donors (Lipinski definition) is 3. The van der Waals surface area contributed by atoms with Gasteiger partial charge < -0.3 is 5.11 Å². The van der Waals surface area contributed by atoms with E-state index in [9.17, 15) is 18.3 Å². The summed E-state index contributed by atoms with van der Waals surface area (Å²) in [4.78, 5) is 19.0. The maximum absolute atomic E-state index is 12.6. The number of hydrogen-bond acceptors (Lipinski definition) is 6. The van der Waals surface area contributed by atoms with E-state index in [1.54, 1.807) is 12.1 Å². The molecule has 30 heavy (non-hydrogen) atoms. The van der Waals surface area contributed by atoms with Crippen molar-refractivity contribution in [2.45, 2.75) is 31.4 Å². The number of Topliss-reactive ketones (excluding diaryl/α,β-unsaturated/α-hetero) is 1. The van der Waals surface area contributed by atoms with Crippen molar-refractivity contribution in [3.05, 3.63) is 65.5 Å². The van der Waals surface area contributed by atoms with Gasteiger partial charge in [-0.3, -0.25) is 14.7 Å². The SMILES string of the molecule is O=C(CN1C[C@@H]2C[C@@](O)(Cc3ccccc3)C[C@@H]2C1)c1ccc(CN[SH](=O)=O)cn1. The summed E-state index contributed by atoms with van der Waals surface area (Å²) in [5.74, 6) is 0.799. The highest BCUT2D eigenvalue weighted by molar-refractivity contribution is 7.70. The van der Waals surface area contributed by atoms with Gasteiger partial charge in [-0.2, -0.15) is 0 Å². The minimum Gasteiger partial charge on any atom is -0.390 e. The zero-order valence-electron chi connectivity index (χ0n) is 16.7. The zero-order chi connectivity index (χ0) is 21.1. The number of fused-ring (bicyclic) bond motifs is 1. The largest absolute Gasteiger partial charge is 0.390 e. The lowest BCUT2D eigenvalue weighted by Gasteiger charge is -2.26. The van der Waals surface area contributed by atoms with Crippen molar-refractivity contribution in [1.29, 1.82) is 0 Å². The van der Waals surface area contributed by atoms with Gasteiger partial charge in [0.05, 0.1) is 12.1 Å². The first-order chi connectivity index (χ1) is 14.4. The second kappa shape index (κ2) is 8.93. The van der Waals surface area contributed by atoms with E-state index in [4.69, 9.17) is 0 Å². The molecule has 7 nitrogen and oxygen atoms in total. The molecular weight excluding hydrogens is 402 g/mol. The average molecular weight is 430 g/mol. The summed E-state index contributed by atoms with van der Waals surface area (Å²) in [5, 5.41) is 11.1. The third-order valence-corrected chi connectivity index (χ3v) is 6.62. The number of likely N-dealkylation sites (tertiary alicyclic amines) is 1. The highest BCUT2D eigenvalue weighted by Crippen LogP contribution is 2.45. The molecule has 0 unspecified atom stereocenters. The van der Waals surface area contributed by atoms with Crippen LogP contribution in [0.3, 0.4) is 0 Å². The molecule has 2 fully saturated rings. The maximum atomic E-state index is 12.6. The molecule has 0 spiro atoms. The summed E-state index contributed by atoms with van der Waals surface area (Å²) >= 11 is 0. The highest BCUT2D eigenvalue weighted by atomic mass is 32.2. The van der Waals surface area contributed by atoms with E-state index in [0.717, 1.165) is 25.9 Å². The Kier molecular flexibility index (Phi) is 6.29. The molecule has 1 aliphatic heterocycles. The molecule has 160 valence electrons. The molecule has 2 aromatic rings. The number of rotatable bonds is 8. The Morgan fingerprint density at radius 2 is 1.80 bits per heavy atom. The molecule has 1 saturated heterocycles. The Morgan fingerprint density at radius 3 is 2.40 bits per heavy atom. The fraction of sp³-hybridized carbons (Fsp3) is 0.455. The van der Waals surface area contributed by atoms with E-state index in [1.165, 1.54) is 11.8 Å². The van der Waals surface area contributed by atoms with E-state index in [2.05, 4.69) is 26.7 Å². The van der Waals surface area contributed by atoms with Crippen LogP contribution in [0.5, 0.6) is 0 Å². The van der Waals surface area contributed by atoms with Gasteiger partial charge in [0.2, 0.25) is 10.9 Å². The Hall–Kier alpha value is -2.13. The number of benzene rings is 1. The van der Waals surface area contributed by atoms with Gasteiger partial charge in [0.25, 0.3) is 0 Å². The maximum Gasteiger partial charge on any atom is 0.201 e. The normalized spacial score (nSPS) is 26.2. The standard InChI is InChI=1S/C22H27N3O4S/c26-21(20-7-6-17(11-23-20)12-24-30(28)29)15-25-13-18-9-22(27,10-19(18)14-25)8-16-4-2-1-3-5-16/h1-7,11,18-19,27,30H,8-10,12-15H2,(H,24,28,29)/t18-,19+,22-. The lowest BCUT2D eigenvalue weighted by Crippen LogP contribution is -2.34. The van der Waals surface area contributed by atoms with Gasteiger partial charge in [-0.1, -0.05) is 36.4 Å². The monoisotopic (exact) mass is 429 g/mol. The van der Waals surface area contributed by atoms with Crippen LogP contribution in [0.1, 0.15) is 34.5 Å². The topological polar surface area (TPSA) is 99.6 Å². The van der Waals surface area contributed by atoms with Crippen molar-refractivity contribution in [3.63, 3.8) is 0 Å². The van der Waals surface area contributed by atoms with Crippen molar-refractivity contribution in [2.24, 2.45) is 11.8 Å². The molecular formula is C22H27N3O4S. The first-order valence-electron chi connectivity index (χ1n) is 10.2. The Labute approximate surface area is 178 Å². The second-order valence-electron chi connectivity index (χ2n) is 8.58. The Bertz CT molecular complexity index is 940. The molecule has 1 aliphatic carbocycles. The molecule has 1 aromatic carbocycles. The number of nitrogens with one attached hydrogen (secondary N) is 1. The van der Waals surface area contributed by atoms with Gasteiger partial charge in [0, 0.05) is 32.3 Å². The summed E-state index contributed by atoms with van der Waals surface area (Å²) in [6.45, 7) is 2.14. The van der Waals surface area contributed by atoms with Crippen LogP contribution in [-0.2, 0) is 23.9 Å². The highest BCUT2D eigenvalue weighted by Gasteiger charge is 2.48. The van der Waals surface area contributed by atoms with Gasteiger partial charge in [0.15, 0.2) is 5.78 Å². The molecule has 8 heteroatoms. The first kappa shape index (κ1) is 21.1. The van der Waals surface area contributed by atoms with E-state index in [1.807, 2.05) is 18.2 Å². The van der Waals surface area contributed by atoms with E-state index < -0.39 is 16.5 Å². The van der Waals surface area contributed by atoms with Crippen molar-refractivity contribution < 1.29 is 18.3 Å². The molecule has 0 radical (unpaired) electrons. The van der Waals surface area contributed by atoms with Gasteiger partial charge in [-0.05, 0) is 41.9 Å². The molecule has 0 bridgehead atoms. The summed E-state index contributed by atoms with van der Waals surface area (Å²) in [7, 11) is -2.65. The van der Waals surface area contributed by atoms with Crippen molar-refractivity contribution >= 4 is 16.7 Å². The third kappa shape index (κ3) is 5.13. The minimum absolute atomic E-state index is 0.0380.